The van der Waals surface area contributed by atoms with Gasteiger partial charge in [0, 0.05) is 28.9 Å². The average molecular weight is 576 g/mol. The van der Waals surface area contributed by atoms with E-state index in [-0.39, 0.29) is 39.6 Å². The monoisotopic (exact) mass is 575 g/mol. The number of rotatable bonds is 10. The lowest BCUT2D eigenvalue weighted by molar-refractivity contribution is 0.0698. The smallest absolute Gasteiger partial charge is 0.337 e. The van der Waals surface area contributed by atoms with E-state index < -0.39 is 17.7 Å². The number of carboxylic acids is 1. The molecule has 0 bridgehead atoms. The minimum absolute atomic E-state index is 0.000646. The van der Waals surface area contributed by atoms with Crippen LogP contribution in [0.2, 0.25) is 5.02 Å². The zero-order chi connectivity index (χ0) is 29.7. The topological polar surface area (TPSA) is 127 Å². The minimum Gasteiger partial charge on any atom is -0.493 e. The molecular formula is C30H26ClN3O7. The van der Waals surface area contributed by atoms with Gasteiger partial charge in [0.25, 0.3) is 5.91 Å². The first-order valence-electron chi connectivity index (χ1n) is 12.2. The van der Waals surface area contributed by atoms with E-state index in [0.29, 0.717) is 10.8 Å². The quantitative estimate of drug-likeness (QED) is 0.228. The summed E-state index contributed by atoms with van der Waals surface area (Å²) in [6.45, 7) is 0. The second-order valence-electron chi connectivity index (χ2n) is 8.70. The molecule has 0 spiro atoms. The van der Waals surface area contributed by atoms with E-state index in [4.69, 9.17) is 25.8 Å². The lowest BCUT2D eigenvalue weighted by atomic mass is 10.0. The van der Waals surface area contributed by atoms with Crippen LogP contribution in [-0.4, -0.2) is 56.1 Å². The first-order valence-corrected chi connectivity index (χ1v) is 12.5. The molecule has 0 saturated heterocycles. The van der Waals surface area contributed by atoms with Crippen LogP contribution in [0.5, 0.6) is 17.2 Å². The van der Waals surface area contributed by atoms with Crippen molar-refractivity contribution in [2.45, 2.75) is 0 Å². The number of hydrogen-bond acceptors (Lipinski definition) is 8. The summed E-state index contributed by atoms with van der Waals surface area (Å²) in [6.07, 6.45) is 1.55. The van der Waals surface area contributed by atoms with Crippen LogP contribution in [0.4, 0.5) is 17.1 Å². The molecule has 1 amide bonds. The normalized spacial score (nSPS) is 10.5. The summed E-state index contributed by atoms with van der Waals surface area (Å²) in [5, 5.41) is 13.0. The van der Waals surface area contributed by atoms with Crippen LogP contribution in [0.1, 0.15) is 36.8 Å². The van der Waals surface area contributed by atoms with E-state index in [1.165, 1.54) is 51.7 Å². The molecule has 4 aromatic rings. The van der Waals surface area contributed by atoms with E-state index in [1.807, 2.05) is 24.1 Å². The van der Waals surface area contributed by atoms with Crippen molar-refractivity contribution >= 4 is 46.3 Å². The fraction of sp³-hybridized carbons (Fsp3) is 0.133. The number of carbonyl (C=O) groups excluding carboxylic acids is 2. The third kappa shape index (κ3) is 6.23. The van der Waals surface area contributed by atoms with Gasteiger partial charge in [-0.3, -0.25) is 14.6 Å². The fourth-order valence-corrected chi connectivity index (χ4v) is 4.18. The SMILES string of the molecule is COc1cc(C(=O)Nc2ccc(C(=O)c3ccc(N(C)c4ccc(Cl)cc4)cn3)cc2C(=O)O)cc(OC)c1OC. The van der Waals surface area contributed by atoms with Crippen molar-refractivity contribution in [2.24, 2.45) is 0 Å². The zero-order valence-electron chi connectivity index (χ0n) is 22.6. The molecule has 4 rings (SSSR count). The molecule has 1 heterocycles. The number of benzene rings is 3. The number of ketones is 1. The van der Waals surface area contributed by atoms with Crippen molar-refractivity contribution in [3.05, 3.63) is 100 Å². The number of ether oxygens (including phenoxy) is 3. The maximum Gasteiger partial charge on any atom is 0.337 e. The Morgan fingerprint density at radius 2 is 1.46 bits per heavy atom. The number of aromatic carboxylic acids is 1. The van der Waals surface area contributed by atoms with Crippen LogP contribution >= 0.6 is 11.6 Å². The van der Waals surface area contributed by atoms with Crippen molar-refractivity contribution in [1.29, 1.82) is 0 Å². The summed E-state index contributed by atoms with van der Waals surface area (Å²) in [6, 6.07) is 17.4. The van der Waals surface area contributed by atoms with Crippen molar-refractivity contribution < 1.29 is 33.7 Å². The number of halogens is 1. The minimum atomic E-state index is -1.33. The number of carboxylic acid groups (broad SMARTS) is 1. The van der Waals surface area contributed by atoms with Gasteiger partial charge in [-0.1, -0.05) is 11.6 Å². The molecular weight excluding hydrogens is 550 g/mol. The van der Waals surface area contributed by atoms with Crippen LogP contribution in [0.25, 0.3) is 0 Å². The molecule has 2 N–H and O–H groups in total. The molecule has 0 aliphatic carbocycles. The second-order valence-corrected chi connectivity index (χ2v) is 9.14. The number of methoxy groups -OCH3 is 3. The summed E-state index contributed by atoms with van der Waals surface area (Å²) in [4.78, 5) is 44.4. The Kier molecular flexibility index (Phi) is 8.74. The van der Waals surface area contributed by atoms with E-state index in [1.54, 1.807) is 30.5 Å². The van der Waals surface area contributed by atoms with Gasteiger partial charge in [0.1, 0.15) is 5.69 Å². The molecule has 0 aliphatic heterocycles. The predicted octanol–water partition coefficient (Wildman–Crippen LogP) is 5.71. The van der Waals surface area contributed by atoms with Gasteiger partial charge >= 0.3 is 5.97 Å². The highest BCUT2D eigenvalue weighted by Crippen LogP contribution is 2.38. The average Bonchev–Trinajstić information content (AvgIpc) is 3.00. The summed E-state index contributed by atoms with van der Waals surface area (Å²) in [7, 11) is 6.12. The number of pyridine rings is 1. The number of hydrogen-bond donors (Lipinski definition) is 2. The van der Waals surface area contributed by atoms with Gasteiger partial charge in [-0.2, -0.15) is 0 Å². The largest absolute Gasteiger partial charge is 0.493 e. The molecule has 3 aromatic carbocycles. The highest BCUT2D eigenvalue weighted by molar-refractivity contribution is 6.30. The van der Waals surface area contributed by atoms with Gasteiger partial charge < -0.3 is 29.5 Å². The first-order chi connectivity index (χ1) is 19.7. The van der Waals surface area contributed by atoms with Crippen molar-refractivity contribution in [1.82, 2.24) is 4.98 Å². The van der Waals surface area contributed by atoms with Crippen LogP contribution in [0, 0.1) is 0 Å². The number of carbonyl (C=O) groups is 3. The van der Waals surface area contributed by atoms with Gasteiger partial charge in [0.2, 0.25) is 11.5 Å². The molecule has 0 unspecified atom stereocenters. The summed E-state index contributed by atoms with van der Waals surface area (Å²) in [5.41, 5.74) is 1.72. The Bertz CT molecular complexity index is 1580. The number of nitrogens with zero attached hydrogens (tertiary/aromatic N) is 2. The highest BCUT2D eigenvalue weighted by atomic mass is 35.5. The number of aromatic nitrogens is 1. The summed E-state index contributed by atoms with van der Waals surface area (Å²) >= 11 is 5.96. The highest BCUT2D eigenvalue weighted by Gasteiger charge is 2.21. The Morgan fingerprint density at radius 3 is 2.00 bits per heavy atom. The molecule has 0 radical (unpaired) electrons. The van der Waals surface area contributed by atoms with Crippen molar-refractivity contribution in [2.75, 3.05) is 38.6 Å². The molecule has 210 valence electrons. The molecule has 11 heteroatoms. The Labute approximate surface area is 241 Å². The number of amides is 1. The van der Waals surface area contributed by atoms with Gasteiger partial charge in [0.15, 0.2) is 11.5 Å². The molecule has 1 aromatic heterocycles. The van der Waals surface area contributed by atoms with Gasteiger partial charge in [-0.15, -0.1) is 0 Å². The Morgan fingerprint density at radius 1 is 0.829 bits per heavy atom. The van der Waals surface area contributed by atoms with Crippen molar-refractivity contribution in [3.8, 4) is 17.2 Å². The van der Waals surface area contributed by atoms with Crippen LogP contribution in [-0.2, 0) is 0 Å². The number of nitrogens with one attached hydrogen (secondary N) is 1. The fourth-order valence-electron chi connectivity index (χ4n) is 4.06. The lowest BCUT2D eigenvalue weighted by Gasteiger charge is -2.19. The molecule has 0 aliphatic rings. The second kappa shape index (κ2) is 12.4. The van der Waals surface area contributed by atoms with Crippen LogP contribution < -0.4 is 24.4 Å². The third-order valence-corrected chi connectivity index (χ3v) is 6.52. The maximum atomic E-state index is 13.2. The molecule has 41 heavy (non-hydrogen) atoms. The summed E-state index contributed by atoms with van der Waals surface area (Å²) < 4.78 is 15.8. The van der Waals surface area contributed by atoms with Gasteiger partial charge in [0.05, 0.1) is 44.5 Å². The van der Waals surface area contributed by atoms with E-state index in [0.717, 1.165) is 11.4 Å². The van der Waals surface area contributed by atoms with Crippen LogP contribution in [0.15, 0.2) is 72.9 Å². The Hall–Kier alpha value is -5.09. The van der Waals surface area contributed by atoms with Crippen LogP contribution in [0.3, 0.4) is 0 Å². The third-order valence-electron chi connectivity index (χ3n) is 6.27. The predicted molar refractivity (Wildman–Crippen MR) is 155 cm³/mol. The lowest BCUT2D eigenvalue weighted by Crippen LogP contribution is -2.16. The molecule has 0 fully saturated rings. The first kappa shape index (κ1) is 28.9. The van der Waals surface area contributed by atoms with E-state index in [9.17, 15) is 19.5 Å². The van der Waals surface area contributed by atoms with E-state index >= 15 is 0 Å². The molecule has 0 saturated carbocycles. The molecule has 0 atom stereocenters. The van der Waals surface area contributed by atoms with Gasteiger partial charge in [-0.25, -0.2) is 4.79 Å². The van der Waals surface area contributed by atoms with Gasteiger partial charge in [-0.05, 0) is 66.7 Å². The standard InChI is InChI=1S/C30H26ClN3O7/c1-34(20-8-6-19(31)7-9-20)21-10-12-24(32-16-21)27(35)17-5-11-23(22(13-17)30(37)38)33-29(36)18-14-25(39-2)28(41-4)26(15-18)40-3/h5-16H,1-4H3,(H,33,36)(H,37,38). The van der Waals surface area contributed by atoms with Crippen molar-refractivity contribution in [3.63, 3.8) is 0 Å². The van der Waals surface area contributed by atoms with E-state index in [2.05, 4.69) is 10.3 Å². The maximum absolute atomic E-state index is 13.2. The number of anilines is 3. The summed E-state index contributed by atoms with van der Waals surface area (Å²) in [5.74, 6) is -1.60. The zero-order valence-corrected chi connectivity index (χ0v) is 23.4. The Balaban J connectivity index is 1.57. The molecule has 10 nitrogen and oxygen atoms in total.